The van der Waals surface area contributed by atoms with Crippen LogP contribution >= 0.6 is 69.1 Å². The summed E-state index contributed by atoms with van der Waals surface area (Å²) in [5.74, 6) is -5.76. The van der Waals surface area contributed by atoms with E-state index in [0.717, 1.165) is 29.5 Å². The second-order valence-corrected chi connectivity index (χ2v) is 37.5. The van der Waals surface area contributed by atoms with E-state index >= 15 is 0 Å². The Balaban J connectivity index is 0.000000363. The molecule has 8 amide bonds. The Morgan fingerprint density at radius 1 is 0.492 bits per heavy atom. The van der Waals surface area contributed by atoms with Crippen molar-refractivity contribution in [3.8, 4) is 17.2 Å². The van der Waals surface area contributed by atoms with Crippen LogP contribution in [-0.4, -0.2) is 213 Å². The van der Waals surface area contributed by atoms with E-state index in [9.17, 15) is 77.6 Å². The third-order valence-electron chi connectivity index (χ3n) is 19.5. The zero-order valence-corrected chi connectivity index (χ0v) is 77.7. The number of rotatable bonds is 31. The Bertz CT molecular complexity index is 4840. The number of aromatic hydroxyl groups is 1. The average Bonchev–Trinajstić information content (AvgIpc) is 1.62. The first-order valence-corrected chi connectivity index (χ1v) is 45.0. The van der Waals surface area contributed by atoms with Gasteiger partial charge in [0, 0.05) is 122 Å². The van der Waals surface area contributed by atoms with E-state index in [4.69, 9.17) is 23.2 Å². The number of phenols is 1. The molecule has 3 aliphatic rings. The van der Waals surface area contributed by atoms with Crippen LogP contribution in [0.25, 0.3) is 0 Å². The summed E-state index contributed by atoms with van der Waals surface area (Å²) in [4.78, 5) is 166. The maximum absolute atomic E-state index is 14.2. The number of aliphatic hydroxyl groups is 1. The van der Waals surface area contributed by atoms with Gasteiger partial charge >= 0.3 is 29.8 Å². The summed E-state index contributed by atoms with van der Waals surface area (Å²) in [6.45, 7) is 33.1. The number of carbonyl (C=O) groups is 13. The highest BCUT2D eigenvalue weighted by molar-refractivity contribution is 8.26. The zero-order valence-electron chi connectivity index (χ0n) is 72.2. The predicted molar refractivity (Wildman–Crippen MR) is 491 cm³/mol. The maximum Gasteiger partial charge on any atom is 0.347 e. The first-order chi connectivity index (χ1) is 58.9. The molecule has 0 radical (unpaired) electrons. The predicted octanol–water partition coefficient (Wildman–Crippen LogP) is 10.0. The van der Waals surface area contributed by atoms with Gasteiger partial charge in [-0.25, -0.2) is 9.00 Å². The number of carbonyl (C=O) groups excluding carboxylic acids is 12. The molecule has 10 N–H and O–H groups in total. The maximum atomic E-state index is 14.2. The molecule has 682 valence electrons. The highest BCUT2D eigenvalue weighted by atomic mass is 36.0. The summed E-state index contributed by atoms with van der Waals surface area (Å²) in [6, 6.07) is 36.5. The molecule has 0 aliphatic carbocycles. The lowest BCUT2D eigenvalue weighted by molar-refractivity contribution is -0.164. The monoisotopic (exact) mass is 1870 g/mol. The molecule has 30 nitrogen and oxygen atoms in total. The molecule has 37 heteroatoms. The number of benzene rings is 6. The molecule has 0 saturated carbocycles. The molecule has 3 heterocycles. The van der Waals surface area contributed by atoms with Crippen molar-refractivity contribution >= 4 is 155 Å². The van der Waals surface area contributed by atoms with Crippen molar-refractivity contribution in [1.82, 2.24) is 47.0 Å². The lowest BCUT2D eigenvalue weighted by Crippen LogP contribution is -2.59. The van der Waals surface area contributed by atoms with Gasteiger partial charge in [0.2, 0.25) is 39.2 Å². The fraction of sp³-hybridized carbons (Fsp3) is 0.382. The van der Waals surface area contributed by atoms with Gasteiger partial charge in [-0.3, -0.25) is 62.9 Å². The number of halogens is 3. The second-order valence-electron chi connectivity index (χ2n) is 30.1. The van der Waals surface area contributed by atoms with E-state index in [2.05, 4.69) is 92.2 Å². The van der Waals surface area contributed by atoms with Crippen LogP contribution in [0.15, 0.2) is 184 Å². The highest BCUT2D eigenvalue weighted by Gasteiger charge is 2.52. The number of aliphatic carboxylic acids is 1. The van der Waals surface area contributed by atoms with Crippen molar-refractivity contribution in [1.29, 1.82) is 0 Å². The number of esters is 4. The minimum atomic E-state index is -1.67. The van der Waals surface area contributed by atoms with Crippen LogP contribution < -0.4 is 46.7 Å². The topological polar surface area (TPSA) is 427 Å². The molecule has 9 atom stereocenters. The standard InChI is InChI=1S/C31H37N3O7S.C27H33N3O5S.C22H23NO7.C9H16N2OS.Cl2OS.ClH/c1-7-16-32-29(38)27-31(5,6)42-18-34(27)30(39)26(41-21(4)36)24(17-22-12-9-8-10-13-22)33-28(37)23-14-11-15-25(19(23)2)40-20(3)35;1-5-14-28-25(34)23-27(3,4)36-16-30(23)26(35)22(32)20(15-18-10-7-6-8-11-18)29-24(33)19-12-9-13-21(31)17(19)2;1-13-17(10-7-11-19(13)29-14(2)24)21(26)23-18(12-16-8-5-4-6-9-16)20(22(27)28)30-15(3)25;1-4-5-10-8(12)7-9(2,3)13-6-11-7;1-4(2)3;/h7-15,24,26-27H,1,16-18H2,2-6H3,(H,32,38)(H,33,37);5-13,20,22-23,31-32H,1,14-16H2,2-4H3,(H,28,34)(H,29,33);4-11,18,20H,12H2,1-3H3,(H,23,26)(H,27,28);4,7,11H,1,5-6H2,2-3H3,(H,10,12);;1H/t24?,26-,27?;20?,22-,23?;18?,20-;;;/m000.../s1. The number of hydrogen-bond donors (Lipinski definition) is 10. The molecule has 126 heavy (non-hydrogen) atoms. The summed E-state index contributed by atoms with van der Waals surface area (Å²) >= 11 is 4.64. The fourth-order valence-corrected chi connectivity index (χ4v) is 16.6. The van der Waals surface area contributed by atoms with Gasteiger partial charge < -0.3 is 76.0 Å². The van der Waals surface area contributed by atoms with E-state index in [0.29, 0.717) is 23.2 Å². The Labute approximate surface area is 764 Å². The summed E-state index contributed by atoms with van der Waals surface area (Å²) in [7, 11) is 7.36. The first-order valence-electron chi connectivity index (χ1n) is 39.2. The van der Waals surface area contributed by atoms with Crippen molar-refractivity contribution in [3.63, 3.8) is 0 Å². The Hall–Kier alpha value is -10.6. The number of carboxylic acid groups (broad SMARTS) is 1. The summed E-state index contributed by atoms with van der Waals surface area (Å²) in [5, 5.41) is 50.6. The largest absolute Gasteiger partial charge is 0.508 e. The van der Waals surface area contributed by atoms with Crippen LogP contribution in [0.1, 0.15) is 134 Å². The highest BCUT2D eigenvalue weighted by Crippen LogP contribution is 2.42. The van der Waals surface area contributed by atoms with Gasteiger partial charge in [0.1, 0.15) is 35.4 Å². The molecule has 6 unspecified atom stereocenters. The van der Waals surface area contributed by atoms with Gasteiger partial charge in [-0.1, -0.05) is 127 Å². The number of phenolic OH excluding ortho intramolecular Hbond substituents is 1. The molecule has 0 spiro atoms. The van der Waals surface area contributed by atoms with Gasteiger partial charge in [-0.2, -0.15) is 0 Å². The van der Waals surface area contributed by atoms with Gasteiger partial charge in [0.05, 0.1) is 29.9 Å². The first kappa shape index (κ1) is 108. The zero-order chi connectivity index (χ0) is 93.2. The fourth-order valence-electron chi connectivity index (χ4n) is 13.3. The third-order valence-corrected chi connectivity index (χ3v) is 23.5. The molecule has 9 rings (SSSR count). The normalized spacial score (nSPS) is 16.7. The van der Waals surface area contributed by atoms with Crippen LogP contribution in [0.3, 0.4) is 0 Å². The number of aliphatic hydroxyl groups excluding tert-OH is 1. The summed E-state index contributed by atoms with van der Waals surface area (Å²) in [6.07, 6.45) is 0.637. The van der Waals surface area contributed by atoms with Crippen molar-refractivity contribution in [2.24, 2.45) is 0 Å². The summed E-state index contributed by atoms with van der Waals surface area (Å²) in [5.41, 5.74) is 4.27. The van der Waals surface area contributed by atoms with Crippen LogP contribution in [-0.2, 0) is 85.9 Å². The molecule has 0 bridgehead atoms. The van der Waals surface area contributed by atoms with E-state index in [-0.39, 0.29) is 119 Å². The number of carboxylic acids is 1. The quantitative estimate of drug-likeness (QED) is 0.00837. The van der Waals surface area contributed by atoms with Crippen LogP contribution in [0.5, 0.6) is 17.2 Å². The minimum Gasteiger partial charge on any atom is -0.508 e. The number of ether oxygens (including phenoxy) is 4. The Kier molecular flexibility index (Phi) is 44.4. The summed E-state index contributed by atoms with van der Waals surface area (Å²) < 4.78 is 28.8. The second kappa shape index (κ2) is 51.9. The van der Waals surface area contributed by atoms with Crippen molar-refractivity contribution < 1.29 is 101 Å². The van der Waals surface area contributed by atoms with E-state index in [1.165, 1.54) is 66.2 Å². The number of nitrogens with one attached hydrogen (secondary N) is 7. The van der Waals surface area contributed by atoms with E-state index < -0.39 is 127 Å². The smallest absolute Gasteiger partial charge is 0.347 e. The number of thioether (sulfide) groups is 3. The number of amides is 8. The van der Waals surface area contributed by atoms with Crippen molar-refractivity contribution in [2.75, 3.05) is 37.3 Å². The lowest BCUT2D eigenvalue weighted by Gasteiger charge is -2.34. The van der Waals surface area contributed by atoms with Crippen LogP contribution in [0.4, 0.5) is 0 Å². The van der Waals surface area contributed by atoms with Gasteiger partial charge in [0.25, 0.3) is 29.5 Å². The molecule has 3 aliphatic heterocycles. The van der Waals surface area contributed by atoms with Gasteiger partial charge in [0.15, 0.2) is 6.10 Å². The molecule has 6 aromatic rings. The van der Waals surface area contributed by atoms with Crippen molar-refractivity contribution in [2.45, 2.75) is 178 Å². The SMILES string of the molecule is C=CCNC(=O)C1N(C(=O)[C@@H](O)C(Cc2ccccc2)NC(=O)c2cccc(O)c2C)CSC1(C)C.C=CCNC(=O)C1N(C(=O)[C@@H](OC(C)=O)C(Cc2ccccc2)NC(=O)c2cccc(OC(C)=O)c2C)CSC1(C)C.C=CCNC(=O)C1NCSC1(C)C.CC(=O)Oc1cccc(C(=O)NC(Cc2ccccc2)[C@H](OC(C)=O)C(=O)O)c1C.Cl.O=S(Cl)Cl. The third kappa shape index (κ3) is 33.0. The molecule has 3 fully saturated rings. The van der Waals surface area contributed by atoms with Crippen LogP contribution in [0.2, 0.25) is 0 Å². The molecule has 3 saturated heterocycles. The van der Waals surface area contributed by atoms with E-state index in [1.807, 2.05) is 94.4 Å². The van der Waals surface area contributed by atoms with E-state index in [1.54, 1.807) is 117 Å². The molecular formula is C89H110Cl3N9O21S4. The number of hydrogen-bond acceptors (Lipinski definition) is 24. The Morgan fingerprint density at radius 2 is 0.833 bits per heavy atom. The number of nitrogens with zero attached hydrogens (tertiary/aromatic N) is 2. The average molecular weight is 1880 g/mol. The molecule has 6 aromatic carbocycles. The minimum absolute atomic E-state index is 0. The van der Waals surface area contributed by atoms with Crippen LogP contribution in [0, 0.1) is 20.8 Å². The molecular weight excluding hydrogens is 1770 g/mol. The lowest BCUT2D eigenvalue weighted by atomic mass is 9.96. The molecule has 0 aromatic heterocycles. The van der Waals surface area contributed by atoms with Gasteiger partial charge in [-0.15, -0.1) is 67.4 Å². The van der Waals surface area contributed by atoms with Gasteiger partial charge in [-0.05, 0) is 135 Å². The Morgan fingerprint density at radius 3 is 1.19 bits per heavy atom. The van der Waals surface area contributed by atoms with Crippen molar-refractivity contribution in [3.05, 3.63) is 234 Å².